The smallest absolute Gasteiger partial charge is 0.421 e. The van der Waals surface area contributed by atoms with Gasteiger partial charge >= 0.3 is 12.3 Å². The first-order valence-electron chi connectivity index (χ1n) is 18.4. The Morgan fingerprint density at radius 1 is 0.965 bits per heavy atom. The zero-order valence-electron chi connectivity index (χ0n) is 32.4. The predicted molar refractivity (Wildman–Crippen MR) is 204 cm³/mol. The number of amides is 2. The molecule has 1 atom stereocenters. The molecule has 0 bridgehead atoms. The van der Waals surface area contributed by atoms with Crippen molar-refractivity contribution in [3.8, 4) is 40.2 Å². The van der Waals surface area contributed by atoms with Crippen molar-refractivity contribution >= 4 is 29.9 Å². The molecule has 4 aromatic rings. The molecule has 302 valence electrons. The van der Waals surface area contributed by atoms with Crippen molar-refractivity contribution in [2.45, 2.75) is 83.8 Å². The van der Waals surface area contributed by atoms with E-state index in [1.165, 1.54) is 21.1 Å². The van der Waals surface area contributed by atoms with Crippen LogP contribution < -0.4 is 14.2 Å². The maximum Gasteiger partial charge on any atom is 0.421 e. The summed E-state index contributed by atoms with van der Waals surface area (Å²) >= 11 is 7.09. The Morgan fingerprint density at radius 2 is 1.68 bits per heavy atom. The standard InChI is InChI=1S/C41H43ClF3N5O7/c1-23(52)49-18-15-26(16-19-49)50(39(53)57-40(2,3)4)21-24-10-12-32(47-36(24)54-5)30-14-17-46-35(34(30)42)29-9-7-8-28-27(29)11-13-33(28)56-38-31(41(43,44)45)20-25(22-51)37(48-38)55-6/h7-10,12,14,17,20,22,26,33H,11,13,15-16,18-19,21H2,1-6H3/t33-/m0/s1. The average molecular weight is 810 g/mol. The van der Waals surface area contributed by atoms with Gasteiger partial charge in [0.15, 0.2) is 6.29 Å². The lowest BCUT2D eigenvalue weighted by Gasteiger charge is -2.39. The van der Waals surface area contributed by atoms with Crippen LogP contribution in [0.15, 0.2) is 48.7 Å². The number of fused-ring (bicyclic) bond motifs is 1. The second-order valence-electron chi connectivity index (χ2n) is 14.8. The fourth-order valence-electron chi connectivity index (χ4n) is 7.22. The largest absolute Gasteiger partial charge is 0.481 e. The van der Waals surface area contributed by atoms with Gasteiger partial charge in [-0.25, -0.2) is 9.78 Å². The zero-order valence-corrected chi connectivity index (χ0v) is 33.2. The normalized spacial score (nSPS) is 15.8. The minimum absolute atomic E-state index is 0.00713. The summed E-state index contributed by atoms with van der Waals surface area (Å²) in [7, 11) is 2.70. The van der Waals surface area contributed by atoms with Crippen LogP contribution in [-0.2, 0) is 28.7 Å². The van der Waals surface area contributed by atoms with E-state index in [1.807, 2.05) is 12.1 Å². The first-order valence-corrected chi connectivity index (χ1v) is 18.7. The van der Waals surface area contributed by atoms with Gasteiger partial charge < -0.3 is 28.7 Å². The van der Waals surface area contributed by atoms with E-state index in [0.717, 1.165) is 5.56 Å². The van der Waals surface area contributed by atoms with Gasteiger partial charge in [0.1, 0.15) is 17.3 Å². The quantitative estimate of drug-likeness (QED) is 0.144. The van der Waals surface area contributed by atoms with E-state index in [2.05, 4.69) is 9.97 Å². The van der Waals surface area contributed by atoms with Crippen LogP contribution in [0.5, 0.6) is 17.6 Å². The van der Waals surface area contributed by atoms with Gasteiger partial charge in [-0.2, -0.15) is 18.2 Å². The number of nitrogens with zero attached hydrogens (tertiary/aromatic N) is 5. The number of piperidine rings is 1. The molecule has 0 radical (unpaired) electrons. The van der Waals surface area contributed by atoms with Crippen molar-refractivity contribution < 1.29 is 46.5 Å². The van der Waals surface area contributed by atoms with Crippen LogP contribution in [0.4, 0.5) is 18.0 Å². The number of carbonyl (C=O) groups is 3. The summed E-state index contributed by atoms with van der Waals surface area (Å²) < 4.78 is 64.7. The average Bonchev–Trinajstić information content (AvgIpc) is 3.58. The fourth-order valence-corrected chi connectivity index (χ4v) is 7.53. The van der Waals surface area contributed by atoms with Crippen molar-refractivity contribution in [2.24, 2.45) is 0 Å². The number of hydrogen-bond donors (Lipinski definition) is 0. The fraction of sp³-hybridized carbons (Fsp3) is 0.415. The van der Waals surface area contributed by atoms with Crippen LogP contribution in [0.1, 0.15) is 85.7 Å². The van der Waals surface area contributed by atoms with E-state index in [-0.39, 0.29) is 42.1 Å². The maximum absolute atomic E-state index is 14.1. The number of aromatic nitrogens is 3. The van der Waals surface area contributed by atoms with Crippen LogP contribution in [0, 0.1) is 0 Å². The van der Waals surface area contributed by atoms with E-state index in [1.54, 1.807) is 61.0 Å². The zero-order chi connectivity index (χ0) is 41.2. The molecule has 1 aliphatic heterocycles. The molecule has 1 saturated heterocycles. The van der Waals surface area contributed by atoms with Crippen LogP contribution in [0.2, 0.25) is 5.02 Å². The Morgan fingerprint density at radius 3 is 2.32 bits per heavy atom. The van der Waals surface area contributed by atoms with Gasteiger partial charge in [0, 0.05) is 48.9 Å². The molecule has 2 aliphatic rings. The third kappa shape index (κ3) is 8.93. The minimum Gasteiger partial charge on any atom is -0.481 e. The van der Waals surface area contributed by atoms with Crippen LogP contribution in [-0.4, -0.2) is 82.0 Å². The van der Waals surface area contributed by atoms with E-state index in [0.29, 0.717) is 83.5 Å². The van der Waals surface area contributed by atoms with Gasteiger partial charge in [0.25, 0.3) is 0 Å². The third-order valence-corrected chi connectivity index (χ3v) is 10.3. The number of aldehydes is 1. The number of rotatable bonds is 10. The second kappa shape index (κ2) is 16.6. The van der Waals surface area contributed by atoms with Crippen molar-refractivity contribution in [1.29, 1.82) is 0 Å². The summed E-state index contributed by atoms with van der Waals surface area (Å²) in [4.78, 5) is 53.7. The highest BCUT2D eigenvalue weighted by molar-refractivity contribution is 6.35. The Labute approximate surface area is 333 Å². The number of pyridine rings is 3. The van der Waals surface area contributed by atoms with Crippen molar-refractivity contribution in [3.63, 3.8) is 0 Å². The van der Waals surface area contributed by atoms with E-state index < -0.39 is 35.4 Å². The third-order valence-electron chi connectivity index (χ3n) is 9.95. The topological polar surface area (TPSA) is 133 Å². The molecule has 0 saturated carbocycles. The first kappa shape index (κ1) is 41.2. The number of alkyl halides is 3. The lowest BCUT2D eigenvalue weighted by Crippen LogP contribution is -2.49. The van der Waals surface area contributed by atoms with Gasteiger partial charge in [0.05, 0.1) is 42.7 Å². The number of methoxy groups -OCH3 is 2. The number of halogens is 4. The van der Waals surface area contributed by atoms with Crippen LogP contribution in [0.25, 0.3) is 22.5 Å². The number of carbonyl (C=O) groups excluding carboxylic acids is 3. The minimum atomic E-state index is -4.84. The molecule has 0 N–H and O–H groups in total. The summed E-state index contributed by atoms with van der Waals surface area (Å²) in [6.45, 7) is 8.15. The number of ether oxygens (including phenoxy) is 4. The van der Waals surface area contributed by atoms with Gasteiger partial charge in [-0.3, -0.25) is 14.6 Å². The van der Waals surface area contributed by atoms with E-state index in [4.69, 9.17) is 35.5 Å². The van der Waals surface area contributed by atoms with E-state index >= 15 is 0 Å². The molecule has 1 aliphatic carbocycles. The van der Waals surface area contributed by atoms with Gasteiger partial charge in [0.2, 0.25) is 23.5 Å². The predicted octanol–water partition coefficient (Wildman–Crippen LogP) is 8.52. The van der Waals surface area contributed by atoms with Gasteiger partial charge in [-0.15, -0.1) is 0 Å². The highest BCUT2D eigenvalue weighted by Crippen LogP contribution is 2.45. The highest BCUT2D eigenvalue weighted by atomic mass is 35.5. The molecule has 4 heterocycles. The van der Waals surface area contributed by atoms with Crippen molar-refractivity contribution in [1.82, 2.24) is 24.8 Å². The number of benzene rings is 1. The molecule has 0 spiro atoms. The molecular formula is C41H43ClF3N5O7. The molecule has 2 amide bonds. The second-order valence-corrected chi connectivity index (χ2v) is 15.2. The van der Waals surface area contributed by atoms with Crippen LogP contribution >= 0.6 is 11.6 Å². The summed E-state index contributed by atoms with van der Waals surface area (Å²) in [5, 5.41) is 0.292. The Bertz CT molecular complexity index is 2170. The summed E-state index contributed by atoms with van der Waals surface area (Å²) in [6.07, 6.45) is -2.29. The molecule has 1 aromatic carbocycles. The molecule has 1 fully saturated rings. The lowest BCUT2D eigenvalue weighted by atomic mass is 9.98. The SMILES string of the molecule is COc1nc(O[C@H]2CCc3c(-c4nccc(-c5ccc(CN(C(=O)OC(C)(C)C)C6CCN(C(C)=O)CC6)c(OC)n5)c4Cl)cccc32)c(C(F)(F)F)cc1C=O. The molecule has 3 aromatic heterocycles. The summed E-state index contributed by atoms with van der Waals surface area (Å²) in [5.41, 5.74) is 1.98. The van der Waals surface area contributed by atoms with Crippen molar-refractivity contribution in [2.75, 3.05) is 27.3 Å². The van der Waals surface area contributed by atoms with Crippen molar-refractivity contribution in [3.05, 3.63) is 81.5 Å². The molecule has 16 heteroatoms. The van der Waals surface area contributed by atoms with Gasteiger partial charge in [-0.05, 0) is 81.8 Å². The first-order chi connectivity index (χ1) is 27.0. The van der Waals surface area contributed by atoms with Crippen LogP contribution in [0.3, 0.4) is 0 Å². The van der Waals surface area contributed by atoms with E-state index in [9.17, 15) is 27.6 Å². The highest BCUT2D eigenvalue weighted by Gasteiger charge is 2.39. The van der Waals surface area contributed by atoms with Gasteiger partial charge in [-0.1, -0.05) is 29.8 Å². The maximum atomic E-state index is 14.1. The number of hydrogen-bond acceptors (Lipinski definition) is 10. The summed E-state index contributed by atoms with van der Waals surface area (Å²) in [5.74, 6) is -0.700. The monoisotopic (exact) mass is 809 g/mol. The summed E-state index contributed by atoms with van der Waals surface area (Å²) in [6, 6.07) is 11.2. The molecule has 12 nitrogen and oxygen atoms in total. The Kier molecular flexibility index (Phi) is 12.0. The number of likely N-dealkylation sites (tertiary alicyclic amines) is 1. The lowest BCUT2D eigenvalue weighted by molar-refractivity contribution is -0.139. The Balaban J connectivity index is 1.29. The Hall–Kier alpha value is -5.44. The molecule has 57 heavy (non-hydrogen) atoms. The molecule has 6 rings (SSSR count). The molecule has 0 unspecified atom stereocenters. The molecular weight excluding hydrogens is 767 g/mol.